The number of hydrogen-bond acceptors (Lipinski definition) is 5. The minimum absolute atomic E-state index is 0.0512. The van der Waals surface area contributed by atoms with Crippen molar-refractivity contribution < 1.29 is 0 Å². The molecule has 1 atom stereocenters. The molecule has 1 fully saturated rings. The van der Waals surface area contributed by atoms with E-state index in [-0.39, 0.29) is 6.04 Å². The quantitative estimate of drug-likeness (QED) is 0.793. The number of rotatable bonds is 3. The smallest absolute Gasteiger partial charge is 0.235 e. The van der Waals surface area contributed by atoms with Crippen LogP contribution in [-0.2, 0) is 0 Å². The molecule has 4 rings (SSSR count). The number of aromatic nitrogens is 4. The zero-order chi connectivity index (χ0) is 12.8. The van der Waals surface area contributed by atoms with Crippen LogP contribution < -0.4 is 5.73 Å². The summed E-state index contributed by atoms with van der Waals surface area (Å²) in [5.41, 5.74) is 7.22. The van der Waals surface area contributed by atoms with E-state index in [9.17, 15) is 0 Å². The highest BCUT2D eigenvalue weighted by Gasteiger charge is 2.32. The lowest BCUT2D eigenvalue weighted by Gasteiger charge is -2.03. The number of fused-ring (bicyclic) bond motifs is 1. The van der Waals surface area contributed by atoms with Crippen LogP contribution in [0.3, 0.4) is 0 Å². The minimum atomic E-state index is 0.0512. The van der Waals surface area contributed by atoms with Crippen molar-refractivity contribution in [3.63, 3.8) is 0 Å². The van der Waals surface area contributed by atoms with Gasteiger partial charge in [0.2, 0.25) is 4.96 Å². The largest absolute Gasteiger partial charge is 0.322 e. The molecule has 2 heterocycles. The summed E-state index contributed by atoms with van der Waals surface area (Å²) in [6.45, 7) is 0. The normalized spacial score (nSPS) is 16.9. The van der Waals surface area contributed by atoms with Crippen molar-refractivity contribution in [1.82, 2.24) is 19.8 Å². The summed E-state index contributed by atoms with van der Waals surface area (Å²) in [6, 6.07) is 10.0. The molecule has 1 saturated carbocycles. The standard InChI is InChI=1S/C13H13N5S/c14-10(8-6-7-8)12-17-18-11(15-16-13(18)19-12)9-4-2-1-3-5-9/h1-5,8,10H,6-7,14H2. The average Bonchev–Trinajstić information content (AvgIpc) is 3.09. The van der Waals surface area contributed by atoms with Gasteiger partial charge in [-0.25, -0.2) is 0 Å². The lowest BCUT2D eigenvalue weighted by Crippen LogP contribution is -2.12. The van der Waals surface area contributed by atoms with Gasteiger partial charge in [0.05, 0.1) is 6.04 Å². The zero-order valence-corrected chi connectivity index (χ0v) is 11.0. The highest BCUT2D eigenvalue weighted by molar-refractivity contribution is 7.16. The molecule has 0 amide bonds. The molecule has 0 aliphatic heterocycles. The molecule has 1 aliphatic rings. The van der Waals surface area contributed by atoms with E-state index >= 15 is 0 Å². The van der Waals surface area contributed by atoms with Crippen LogP contribution in [0, 0.1) is 5.92 Å². The highest BCUT2D eigenvalue weighted by Crippen LogP contribution is 2.40. The van der Waals surface area contributed by atoms with Crippen LogP contribution >= 0.6 is 11.3 Å². The molecule has 1 aliphatic carbocycles. The van der Waals surface area contributed by atoms with Crippen molar-refractivity contribution >= 4 is 16.3 Å². The average molecular weight is 271 g/mol. The second kappa shape index (κ2) is 4.11. The molecule has 5 nitrogen and oxygen atoms in total. The maximum Gasteiger partial charge on any atom is 0.235 e. The van der Waals surface area contributed by atoms with Gasteiger partial charge in [0, 0.05) is 5.56 Å². The summed E-state index contributed by atoms with van der Waals surface area (Å²) in [4.78, 5) is 0.810. The summed E-state index contributed by atoms with van der Waals surface area (Å²) in [7, 11) is 0. The predicted octanol–water partition coefficient (Wildman–Crippen LogP) is 2.26. The molecule has 2 aromatic heterocycles. The van der Waals surface area contributed by atoms with Gasteiger partial charge >= 0.3 is 0 Å². The van der Waals surface area contributed by atoms with E-state index in [0.717, 1.165) is 21.4 Å². The Morgan fingerprint density at radius 2 is 2.00 bits per heavy atom. The Kier molecular flexibility index (Phi) is 2.39. The maximum absolute atomic E-state index is 6.20. The van der Waals surface area contributed by atoms with E-state index < -0.39 is 0 Å². The van der Waals surface area contributed by atoms with E-state index in [0.29, 0.717) is 5.92 Å². The van der Waals surface area contributed by atoms with Crippen molar-refractivity contribution in [2.24, 2.45) is 11.7 Å². The second-order valence-electron chi connectivity index (χ2n) is 4.89. The summed E-state index contributed by atoms with van der Waals surface area (Å²) in [5, 5.41) is 14.0. The van der Waals surface area contributed by atoms with Crippen LogP contribution in [0.15, 0.2) is 30.3 Å². The lowest BCUT2D eigenvalue weighted by atomic mass is 10.2. The highest BCUT2D eigenvalue weighted by atomic mass is 32.1. The summed E-state index contributed by atoms with van der Waals surface area (Å²) in [5.74, 6) is 1.38. The van der Waals surface area contributed by atoms with Gasteiger partial charge < -0.3 is 5.73 Å². The predicted molar refractivity (Wildman–Crippen MR) is 73.7 cm³/mol. The number of nitrogens with two attached hydrogens (primary N) is 1. The first-order valence-electron chi connectivity index (χ1n) is 6.36. The van der Waals surface area contributed by atoms with Crippen LogP contribution in [0.25, 0.3) is 16.3 Å². The van der Waals surface area contributed by atoms with E-state index in [1.165, 1.54) is 12.8 Å². The number of hydrogen-bond donors (Lipinski definition) is 1. The first-order chi connectivity index (χ1) is 9.33. The number of nitrogens with zero attached hydrogens (tertiary/aromatic N) is 4. The molecule has 0 spiro atoms. The molecule has 0 bridgehead atoms. The van der Waals surface area contributed by atoms with Gasteiger partial charge in [-0.1, -0.05) is 41.7 Å². The second-order valence-corrected chi connectivity index (χ2v) is 5.88. The Balaban J connectivity index is 1.80. The monoisotopic (exact) mass is 271 g/mol. The topological polar surface area (TPSA) is 69.1 Å². The Morgan fingerprint density at radius 1 is 1.21 bits per heavy atom. The third kappa shape index (κ3) is 1.84. The van der Waals surface area contributed by atoms with E-state index in [1.54, 1.807) is 15.9 Å². The molecule has 3 aromatic rings. The van der Waals surface area contributed by atoms with Crippen LogP contribution in [0.5, 0.6) is 0 Å². The van der Waals surface area contributed by atoms with Crippen LogP contribution in [0.2, 0.25) is 0 Å². The fraction of sp³-hybridized carbons (Fsp3) is 0.308. The summed E-state index contributed by atoms with van der Waals surface area (Å²) >= 11 is 1.54. The molecule has 0 radical (unpaired) electrons. The minimum Gasteiger partial charge on any atom is -0.322 e. The van der Waals surface area contributed by atoms with Gasteiger partial charge in [0.15, 0.2) is 5.82 Å². The van der Waals surface area contributed by atoms with Crippen LogP contribution in [-0.4, -0.2) is 19.8 Å². The first-order valence-corrected chi connectivity index (χ1v) is 7.18. The van der Waals surface area contributed by atoms with E-state index in [2.05, 4.69) is 15.3 Å². The summed E-state index contributed by atoms with van der Waals surface area (Å²) in [6.07, 6.45) is 2.43. The fourth-order valence-corrected chi connectivity index (χ4v) is 3.12. The molecule has 96 valence electrons. The molecule has 1 unspecified atom stereocenters. The van der Waals surface area contributed by atoms with Crippen LogP contribution in [0.1, 0.15) is 23.9 Å². The fourth-order valence-electron chi connectivity index (χ4n) is 2.19. The Labute approximate surface area is 114 Å². The Morgan fingerprint density at radius 3 is 2.74 bits per heavy atom. The third-order valence-electron chi connectivity index (χ3n) is 3.45. The molecular formula is C13H13N5S. The van der Waals surface area contributed by atoms with Gasteiger partial charge in [-0.3, -0.25) is 0 Å². The Bertz CT molecular complexity index is 713. The molecule has 6 heteroatoms. The van der Waals surface area contributed by atoms with Gasteiger partial charge in [0.25, 0.3) is 0 Å². The first kappa shape index (κ1) is 11.1. The maximum atomic E-state index is 6.20. The zero-order valence-electron chi connectivity index (χ0n) is 10.2. The Hall–Kier alpha value is -1.79. The van der Waals surface area contributed by atoms with E-state index in [1.807, 2.05) is 30.3 Å². The van der Waals surface area contributed by atoms with Crippen molar-refractivity contribution in [2.75, 3.05) is 0 Å². The lowest BCUT2D eigenvalue weighted by molar-refractivity contribution is 0.618. The molecule has 1 aromatic carbocycles. The van der Waals surface area contributed by atoms with E-state index in [4.69, 9.17) is 5.73 Å². The van der Waals surface area contributed by atoms with Gasteiger partial charge in [-0.05, 0) is 18.8 Å². The molecule has 0 saturated heterocycles. The number of benzene rings is 1. The molecule has 2 N–H and O–H groups in total. The van der Waals surface area contributed by atoms with Gasteiger partial charge in [0.1, 0.15) is 5.01 Å². The third-order valence-corrected chi connectivity index (χ3v) is 4.45. The van der Waals surface area contributed by atoms with Gasteiger partial charge in [-0.15, -0.1) is 10.2 Å². The van der Waals surface area contributed by atoms with Crippen molar-refractivity contribution in [1.29, 1.82) is 0 Å². The SMILES string of the molecule is NC(c1nn2c(-c3ccccc3)nnc2s1)C1CC1. The molecular weight excluding hydrogens is 258 g/mol. The van der Waals surface area contributed by atoms with Crippen molar-refractivity contribution in [2.45, 2.75) is 18.9 Å². The van der Waals surface area contributed by atoms with Crippen LogP contribution in [0.4, 0.5) is 0 Å². The van der Waals surface area contributed by atoms with Crippen molar-refractivity contribution in [3.05, 3.63) is 35.3 Å². The van der Waals surface area contributed by atoms with Crippen molar-refractivity contribution in [3.8, 4) is 11.4 Å². The molecule has 19 heavy (non-hydrogen) atoms. The summed E-state index contributed by atoms with van der Waals surface area (Å²) < 4.78 is 1.80. The van der Waals surface area contributed by atoms with Gasteiger partial charge in [-0.2, -0.15) is 9.61 Å².